The van der Waals surface area contributed by atoms with Crippen molar-refractivity contribution in [3.63, 3.8) is 0 Å². The molecule has 15 heavy (non-hydrogen) atoms. The van der Waals surface area contributed by atoms with Crippen LogP contribution in [0.15, 0.2) is 30.6 Å². The van der Waals surface area contributed by atoms with Gasteiger partial charge in [-0.3, -0.25) is 4.79 Å². The highest BCUT2D eigenvalue weighted by Crippen LogP contribution is 2.13. The van der Waals surface area contributed by atoms with Gasteiger partial charge in [0.05, 0.1) is 23.3 Å². The van der Waals surface area contributed by atoms with Gasteiger partial charge in [0, 0.05) is 6.54 Å². The molecule has 1 N–H and O–H groups in total. The maximum atomic E-state index is 10.7. The van der Waals surface area contributed by atoms with Crippen molar-refractivity contribution in [1.82, 2.24) is 9.55 Å². The fourth-order valence-corrected chi connectivity index (χ4v) is 1.53. The summed E-state index contributed by atoms with van der Waals surface area (Å²) >= 11 is 0. The molecule has 4 nitrogen and oxygen atoms in total. The van der Waals surface area contributed by atoms with E-state index in [1.807, 2.05) is 28.8 Å². The van der Waals surface area contributed by atoms with E-state index in [-0.39, 0.29) is 0 Å². The van der Waals surface area contributed by atoms with Gasteiger partial charge in [0.25, 0.3) is 0 Å². The van der Waals surface area contributed by atoms with Gasteiger partial charge < -0.3 is 9.67 Å². The number of carbonyl (C=O) groups is 1. The van der Waals surface area contributed by atoms with Crippen LogP contribution in [0.5, 0.6) is 0 Å². The molecule has 1 aromatic carbocycles. The first-order chi connectivity index (χ1) is 7.18. The van der Waals surface area contributed by atoms with Crippen LogP contribution in [0.2, 0.25) is 0 Å². The summed E-state index contributed by atoms with van der Waals surface area (Å²) in [5, 5.41) is 8.82. The second kappa shape index (κ2) is 3.73. The molecule has 0 radical (unpaired) electrons. The van der Waals surface area contributed by atoms with Crippen LogP contribution in [-0.4, -0.2) is 20.6 Å². The predicted octanol–water partition coefficient (Wildman–Crippen LogP) is 1.76. The average molecular weight is 204 g/mol. The van der Waals surface area contributed by atoms with Gasteiger partial charge in [0.1, 0.15) is 0 Å². The highest BCUT2D eigenvalue weighted by Gasteiger charge is 2.12. The van der Waals surface area contributed by atoms with E-state index in [1.165, 1.54) is 0 Å². The number of benzene rings is 1. The van der Waals surface area contributed by atoms with E-state index in [2.05, 4.69) is 4.98 Å². The third-order valence-electron chi connectivity index (χ3n) is 2.42. The zero-order valence-corrected chi connectivity index (χ0v) is 8.42. The third kappa shape index (κ3) is 1.83. The molecule has 2 rings (SSSR count). The molecule has 1 atom stereocenters. The van der Waals surface area contributed by atoms with Crippen molar-refractivity contribution in [3.05, 3.63) is 30.6 Å². The fraction of sp³-hybridized carbons (Fsp3) is 0.273. The van der Waals surface area contributed by atoms with Crippen LogP contribution in [-0.2, 0) is 11.3 Å². The second-order valence-electron chi connectivity index (χ2n) is 3.62. The number of hydrogen-bond acceptors (Lipinski definition) is 2. The maximum Gasteiger partial charge on any atom is 0.308 e. The molecule has 0 saturated carbocycles. The normalized spacial score (nSPS) is 12.9. The molecule has 78 valence electrons. The predicted molar refractivity (Wildman–Crippen MR) is 56.5 cm³/mol. The lowest BCUT2D eigenvalue weighted by molar-refractivity contribution is -0.141. The highest BCUT2D eigenvalue weighted by atomic mass is 16.4. The molecule has 0 saturated heterocycles. The highest BCUT2D eigenvalue weighted by molar-refractivity contribution is 5.75. The molecule has 0 aliphatic heterocycles. The summed E-state index contributed by atoms with van der Waals surface area (Å²) in [6.45, 7) is 2.15. The average Bonchev–Trinajstić information content (AvgIpc) is 2.62. The molecule has 0 unspecified atom stereocenters. The summed E-state index contributed by atoms with van der Waals surface area (Å²) in [4.78, 5) is 14.9. The number of imidazole rings is 1. The quantitative estimate of drug-likeness (QED) is 0.828. The van der Waals surface area contributed by atoms with Crippen LogP contribution in [0.25, 0.3) is 11.0 Å². The Bertz CT molecular complexity index is 490. The molecule has 0 aliphatic carbocycles. The number of para-hydroxylation sites is 2. The summed E-state index contributed by atoms with van der Waals surface area (Å²) in [5.41, 5.74) is 1.88. The van der Waals surface area contributed by atoms with E-state index < -0.39 is 11.9 Å². The van der Waals surface area contributed by atoms with Crippen molar-refractivity contribution < 1.29 is 9.90 Å². The van der Waals surface area contributed by atoms with Crippen molar-refractivity contribution in [2.24, 2.45) is 5.92 Å². The van der Waals surface area contributed by atoms with Crippen molar-refractivity contribution in [1.29, 1.82) is 0 Å². The Morgan fingerprint density at radius 3 is 3.00 bits per heavy atom. The zero-order chi connectivity index (χ0) is 10.8. The van der Waals surface area contributed by atoms with Crippen LogP contribution in [0, 0.1) is 5.92 Å². The lowest BCUT2D eigenvalue weighted by Crippen LogP contribution is -2.16. The van der Waals surface area contributed by atoms with Gasteiger partial charge in [-0.05, 0) is 12.1 Å². The van der Waals surface area contributed by atoms with Gasteiger partial charge in [-0.25, -0.2) is 4.98 Å². The van der Waals surface area contributed by atoms with Crippen LogP contribution in [0.4, 0.5) is 0 Å². The standard InChI is InChI=1S/C11H12N2O2/c1-8(11(14)15)6-13-7-12-9-4-2-3-5-10(9)13/h2-5,7-8H,6H2,1H3,(H,14,15)/t8-/m1/s1. The largest absolute Gasteiger partial charge is 0.481 e. The molecule has 0 spiro atoms. The Morgan fingerprint density at radius 1 is 1.53 bits per heavy atom. The van der Waals surface area contributed by atoms with E-state index in [9.17, 15) is 4.79 Å². The zero-order valence-electron chi connectivity index (χ0n) is 8.42. The van der Waals surface area contributed by atoms with Gasteiger partial charge in [0.2, 0.25) is 0 Å². The van der Waals surface area contributed by atoms with Crippen molar-refractivity contribution in [2.75, 3.05) is 0 Å². The summed E-state index contributed by atoms with van der Waals surface area (Å²) in [5.74, 6) is -1.18. The first kappa shape index (κ1) is 9.71. The molecule has 0 bridgehead atoms. The van der Waals surface area contributed by atoms with Gasteiger partial charge in [-0.1, -0.05) is 19.1 Å². The monoisotopic (exact) mass is 204 g/mol. The smallest absolute Gasteiger partial charge is 0.308 e. The van der Waals surface area contributed by atoms with Gasteiger partial charge in [-0.2, -0.15) is 0 Å². The summed E-state index contributed by atoms with van der Waals surface area (Å²) in [6.07, 6.45) is 1.68. The van der Waals surface area contributed by atoms with Crippen molar-refractivity contribution in [3.8, 4) is 0 Å². The Labute approximate surface area is 87.2 Å². The minimum Gasteiger partial charge on any atom is -0.481 e. The van der Waals surface area contributed by atoms with Crippen LogP contribution in [0.1, 0.15) is 6.92 Å². The molecule has 0 fully saturated rings. The number of carboxylic acid groups (broad SMARTS) is 1. The lowest BCUT2D eigenvalue weighted by atomic mass is 10.2. The van der Waals surface area contributed by atoms with E-state index in [4.69, 9.17) is 5.11 Å². The SMILES string of the molecule is C[C@H](Cn1cnc2ccccc21)C(=O)O. The van der Waals surface area contributed by atoms with Crippen molar-refractivity contribution >= 4 is 17.0 Å². The number of fused-ring (bicyclic) bond motifs is 1. The fourth-order valence-electron chi connectivity index (χ4n) is 1.53. The first-order valence-corrected chi connectivity index (χ1v) is 4.81. The summed E-state index contributed by atoms with van der Waals surface area (Å²) in [6, 6.07) is 7.69. The van der Waals surface area contributed by atoms with E-state index in [0.717, 1.165) is 11.0 Å². The van der Waals surface area contributed by atoms with Gasteiger partial charge >= 0.3 is 5.97 Å². The second-order valence-corrected chi connectivity index (χ2v) is 3.62. The summed E-state index contributed by atoms with van der Waals surface area (Å²) in [7, 11) is 0. The third-order valence-corrected chi connectivity index (χ3v) is 2.42. The van der Waals surface area contributed by atoms with E-state index in [0.29, 0.717) is 6.54 Å². The van der Waals surface area contributed by atoms with Crippen molar-refractivity contribution in [2.45, 2.75) is 13.5 Å². The number of aliphatic carboxylic acids is 1. The van der Waals surface area contributed by atoms with Crippen LogP contribution >= 0.6 is 0 Å². The number of aromatic nitrogens is 2. The molecule has 0 aliphatic rings. The Balaban J connectivity index is 2.32. The number of rotatable bonds is 3. The molecule has 0 amide bonds. The molecule has 4 heteroatoms. The number of carboxylic acids is 1. The summed E-state index contributed by atoms with van der Waals surface area (Å²) < 4.78 is 1.87. The number of hydrogen-bond donors (Lipinski definition) is 1. The molecule has 1 aromatic heterocycles. The van der Waals surface area contributed by atoms with E-state index >= 15 is 0 Å². The molecule has 1 heterocycles. The molecular weight excluding hydrogens is 192 g/mol. The van der Waals surface area contributed by atoms with E-state index in [1.54, 1.807) is 13.3 Å². The Kier molecular flexibility index (Phi) is 2.41. The lowest BCUT2D eigenvalue weighted by Gasteiger charge is -2.07. The Morgan fingerprint density at radius 2 is 2.27 bits per heavy atom. The minimum absolute atomic E-state index is 0.400. The van der Waals surface area contributed by atoms with Gasteiger partial charge in [0.15, 0.2) is 0 Å². The molecular formula is C11H12N2O2. The van der Waals surface area contributed by atoms with Crippen LogP contribution < -0.4 is 0 Å². The number of nitrogens with zero attached hydrogens (tertiary/aromatic N) is 2. The first-order valence-electron chi connectivity index (χ1n) is 4.81. The minimum atomic E-state index is -0.784. The topological polar surface area (TPSA) is 55.1 Å². The van der Waals surface area contributed by atoms with Crippen LogP contribution in [0.3, 0.4) is 0 Å². The maximum absolute atomic E-state index is 10.7. The van der Waals surface area contributed by atoms with Gasteiger partial charge in [-0.15, -0.1) is 0 Å². The molecule has 2 aromatic rings. The Hall–Kier alpha value is -1.84.